The van der Waals surface area contributed by atoms with Crippen LogP contribution in [-0.2, 0) is 6.54 Å². The Kier molecular flexibility index (Phi) is 3.57. The van der Waals surface area contributed by atoms with Crippen LogP contribution in [0.25, 0.3) is 11.0 Å². The lowest BCUT2D eigenvalue weighted by atomic mass is 10.2. The van der Waals surface area contributed by atoms with Gasteiger partial charge in [-0.2, -0.15) is 0 Å². The van der Waals surface area contributed by atoms with Gasteiger partial charge in [-0.25, -0.2) is 4.98 Å². The van der Waals surface area contributed by atoms with Crippen LogP contribution in [0.1, 0.15) is 41.9 Å². The third-order valence-electron chi connectivity index (χ3n) is 4.34. The number of benzene rings is 1. The summed E-state index contributed by atoms with van der Waals surface area (Å²) >= 11 is 0. The average molecular weight is 310 g/mol. The van der Waals surface area contributed by atoms with E-state index in [4.69, 9.17) is 4.52 Å². The summed E-state index contributed by atoms with van der Waals surface area (Å²) in [5, 5.41) is 6.91. The molecule has 2 aromatic heterocycles. The maximum atomic E-state index is 12.2. The molecule has 1 fully saturated rings. The van der Waals surface area contributed by atoms with Crippen LogP contribution < -0.4 is 5.32 Å². The molecule has 23 heavy (non-hydrogen) atoms. The van der Waals surface area contributed by atoms with Crippen molar-refractivity contribution in [3.05, 3.63) is 48.1 Å². The van der Waals surface area contributed by atoms with Crippen molar-refractivity contribution in [2.45, 2.75) is 38.3 Å². The molecule has 0 atom stereocenters. The molecule has 6 nitrogen and oxygen atoms in total. The topological polar surface area (TPSA) is 73.0 Å². The summed E-state index contributed by atoms with van der Waals surface area (Å²) in [7, 11) is 0. The number of aromatic nitrogens is 3. The highest BCUT2D eigenvalue weighted by Gasteiger charge is 2.20. The molecule has 1 aromatic carbocycles. The van der Waals surface area contributed by atoms with Crippen molar-refractivity contribution in [3.63, 3.8) is 0 Å². The number of hydrogen-bond donors (Lipinski definition) is 1. The molecule has 1 N–H and O–H groups in total. The fourth-order valence-corrected chi connectivity index (χ4v) is 3.13. The first-order valence-electron chi connectivity index (χ1n) is 7.96. The summed E-state index contributed by atoms with van der Waals surface area (Å²) in [4.78, 5) is 16.5. The standard InChI is InChI=1S/C17H18N4O2/c22-17(19-12-5-1-2-6-12)15-9-13(23-20-15)10-21-11-18-14-7-3-4-8-16(14)21/h3-4,7-9,11-12H,1-2,5-6,10H2,(H,19,22). The van der Waals surface area contributed by atoms with Crippen LogP contribution in [0, 0.1) is 0 Å². The molecule has 1 aliphatic rings. The van der Waals surface area contributed by atoms with Crippen LogP contribution in [0.5, 0.6) is 0 Å². The van der Waals surface area contributed by atoms with Gasteiger partial charge >= 0.3 is 0 Å². The van der Waals surface area contributed by atoms with Crippen molar-refractivity contribution in [2.24, 2.45) is 0 Å². The molecule has 1 amide bonds. The van der Waals surface area contributed by atoms with Crippen LogP contribution in [0.3, 0.4) is 0 Å². The maximum absolute atomic E-state index is 12.2. The highest BCUT2D eigenvalue weighted by Crippen LogP contribution is 2.18. The maximum Gasteiger partial charge on any atom is 0.273 e. The Labute approximate surface area is 133 Å². The van der Waals surface area contributed by atoms with E-state index in [-0.39, 0.29) is 11.9 Å². The first-order valence-corrected chi connectivity index (χ1v) is 7.96. The molecule has 0 unspecified atom stereocenters. The lowest BCUT2D eigenvalue weighted by Gasteiger charge is -2.09. The number of imidazole rings is 1. The second-order valence-electron chi connectivity index (χ2n) is 5.99. The monoisotopic (exact) mass is 310 g/mol. The quantitative estimate of drug-likeness (QED) is 0.804. The van der Waals surface area contributed by atoms with Crippen molar-refractivity contribution < 1.29 is 9.32 Å². The van der Waals surface area contributed by atoms with E-state index in [0.717, 1.165) is 23.9 Å². The van der Waals surface area contributed by atoms with Crippen LogP contribution in [0.15, 0.2) is 41.2 Å². The van der Waals surface area contributed by atoms with Gasteiger partial charge in [0.15, 0.2) is 11.5 Å². The Morgan fingerprint density at radius 1 is 1.30 bits per heavy atom. The van der Waals surface area contributed by atoms with E-state index < -0.39 is 0 Å². The Morgan fingerprint density at radius 3 is 3.00 bits per heavy atom. The van der Waals surface area contributed by atoms with Crippen molar-refractivity contribution in [1.82, 2.24) is 20.0 Å². The first-order chi connectivity index (χ1) is 11.3. The Morgan fingerprint density at radius 2 is 2.13 bits per heavy atom. The Hall–Kier alpha value is -2.63. The average Bonchev–Trinajstić information content (AvgIpc) is 3.29. The van der Waals surface area contributed by atoms with Gasteiger partial charge < -0.3 is 14.4 Å². The number of amides is 1. The highest BCUT2D eigenvalue weighted by molar-refractivity contribution is 5.92. The summed E-state index contributed by atoms with van der Waals surface area (Å²) in [6, 6.07) is 9.89. The number of rotatable bonds is 4. The number of fused-ring (bicyclic) bond motifs is 1. The SMILES string of the molecule is O=C(NC1CCCC1)c1cc(Cn2cnc3ccccc32)on1. The van der Waals surface area contributed by atoms with Gasteiger partial charge in [-0.1, -0.05) is 30.1 Å². The van der Waals surface area contributed by atoms with Gasteiger partial charge in [0.1, 0.15) is 0 Å². The van der Waals surface area contributed by atoms with Gasteiger partial charge in [0.2, 0.25) is 0 Å². The number of para-hydroxylation sites is 2. The normalized spacial score (nSPS) is 15.3. The zero-order valence-electron chi connectivity index (χ0n) is 12.7. The zero-order valence-corrected chi connectivity index (χ0v) is 12.7. The van der Waals surface area contributed by atoms with Crippen molar-refractivity contribution in [2.75, 3.05) is 0 Å². The van der Waals surface area contributed by atoms with E-state index in [1.807, 2.05) is 28.8 Å². The van der Waals surface area contributed by atoms with Crippen LogP contribution in [0.4, 0.5) is 0 Å². The molecule has 1 saturated carbocycles. The van der Waals surface area contributed by atoms with Crippen molar-refractivity contribution >= 4 is 16.9 Å². The second kappa shape index (κ2) is 5.87. The molecular formula is C17H18N4O2. The summed E-state index contributed by atoms with van der Waals surface area (Å²) in [6.07, 6.45) is 6.24. The predicted octanol–water partition coefficient (Wildman–Crippen LogP) is 2.75. The smallest absolute Gasteiger partial charge is 0.273 e. The Balaban J connectivity index is 1.48. The van der Waals surface area contributed by atoms with Gasteiger partial charge in [0, 0.05) is 12.1 Å². The molecule has 3 aromatic rings. The molecule has 0 radical (unpaired) electrons. The molecule has 1 aliphatic carbocycles. The van der Waals surface area contributed by atoms with E-state index in [0.29, 0.717) is 18.0 Å². The number of nitrogens with zero attached hydrogens (tertiary/aromatic N) is 3. The molecule has 4 rings (SSSR count). The lowest BCUT2D eigenvalue weighted by Crippen LogP contribution is -2.32. The van der Waals surface area contributed by atoms with Crippen molar-refractivity contribution in [3.8, 4) is 0 Å². The predicted molar refractivity (Wildman–Crippen MR) is 85.1 cm³/mol. The summed E-state index contributed by atoms with van der Waals surface area (Å²) in [5.41, 5.74) is 2.31. The van der Waals surface area contributed by atoms with E-state index in [9.17, 15) is 4.79 Å². The molecule has 0 aliphatic heterocycles. The second-order valence-corrected chi connectivity index (χ2v) is 5.99. The molecular weight excluding hydrogens is 292 g/mol. The van der Waals surface area contributed by atoms with E-state index in [1.165, 1.54) is 12.8 Å². The van der Waals surface area contributed by atoms with Gasteiger partial charge in [0.25, 0.3) is 5.91 Å². The largest absolute Gasteiger partial charge is 0.359 e. The van der Waals surface area contributed by atoms with Gasteiger partial charge in [-0.05, 0) is 25.0 Å². The minimum absolute atomic E-state index is 0.151. The van der Waals surface area contributed by atoms with Crippen molar-refractivity contribution in [1.29, 1.82) is 0 Å². The summed E-state index contributed by atoms with van der Waals surface area (Å²) in [6.45, 7) is 0.504. The lowest BCUT2D eigenvalue weighted by molar-refractivity contribution is 0.0928. The number of carbonyl (C=O) groups is 1. The number of carbonyl (C=O) groups excluding carboxylic acids is 1. The van der Waals surface area contributed by atoms with Crippen LogP contribution in [0.2, 0.25) is 0 Å². The molecule has 6 heteroatoms. The summed E-state index contributed by atoms with van der Waals surface area (Å²) < 4.78 is 7.29. The first kappa shape index (κ1) is 14.0. The van der Waals surface area contributed by atoms with Gasteiger partial charge in [0.05, 0.1) is 23.9 Å². The third kappa shape index (κ3) is 2.84. The fraction of sp³-hybridized carbons (Fsp3) is 0.353. The molecule has 0 saturated heterocycles. The van der Waals surface area contributed by atoms with E-state index in [2.05, 4.69) is 15.5 Å². The molecule has 0 spiro atoms. The van der Waals surface area contributed by atoms with Crippen LogP contribution in [-0.4, -0.2) is 26.7 Å². The van der Waals surface area contributed by atoms with Gasteiger partial charge in [-0.3, -0.25) is 4.79 Å². The van der Waals surface area contributed by atoms with Crippen LogP contribution >= 0.6 is 0 Å². The Bertz CT molecular complexity index is 830. The fourth-order valence-electron chi connectivity index (χ4n) is 3.13. The summed E-state index contributed by atoms with van der Waals surface area (Å²) in [5.74, 6) is 0.493. The minimum Gasteiger partial charge on any atom is -0.359 e. The minimum atomic E-state index is -0.151. The number of nitrogens with one attached hydrogen (secondary N) is 1. The zero-order chi connectivity index (χ0) is 15.6. The molecule has 0 bridgehead atoms. The highest BCUT2D eigenvalue weighted by atomic mass is 16.5. The van der Waals surface area contributed by atoms with E-state index in [1.54, 1.807) is 12.4 Å². The third-order valence-corrected chi connectivity index (χ3v) is 4.34. The van der Waals surface area contributed by atoms with E-state index >= 15 is 0 Å². The van der Waals surface area contributed by atoms with Gasteiger partial charge in [-0.15, -0.1) is 0 Å². The number of hydrogen-bond acceptors (Lipinski definition) is 4. The molecule has 2 heterocycles. The molecule has 118 valence electrons.